The van der Waals surface area contributed by atoms with Gasteiger partial charge in [-0.1, -0.05) is 18.9 Å². The summed E-state index contributed by atoms with van der Waals surface area (Å²) in [7, 11) is 0. The molecule has 0 radical (unpaired) electrons. The van der Waals surface area contributed by atoms with Gasteiger partial charge in [-0.15, -0.1) is 0 Å². The van der Waals surface area contributed by atoms with Crippen LogP contribution in [0, 0.1) is 23.0 Å². The first-order valence-electron chi connectivity index (χ1n) is 8.20. The molecule has 3 unspecified atom stereocenters. The Morgan fingerprint density at radius 2 is 2.13 bits per heavy atom. The third-order valence-corrected chi connectivity index (χ3v) is 5.40. The topological polar surface area (TPSA) is 83.7 Å². The third-order valence-electron chi connectivity index (χ3n) is 5.40. The van der Waals surface area contributed by atoms with Gasteiger partial charge in [0.2, 0.25) is 0 Å². The second-order valence-electron chi connectivity index (χ2n) is 6.74. The molecule has 1 saturated carbocycles. The summed E-state index contributed by atoms with van der Waals surface area (Å²) in [4.78, 5) is 24.2. The van der Waals surface area contributed by atoms with Gasteiger partial charge in [0.1, 0.15) is 6.04 Å². The summed E-state index contributed by atoms with van der Waals surface area (Å²) in [6, 6.07) is 4.74. The maximum Gasteiger partial charge on any atom is 0.320 e. The van der Waals surface area contributed by atoms with Crippen LogP contribution in [0.15, 0.2) is 18.2 Å². The quantitative estimate of drug-likeness (QED) is 0.681. The van der Waals surface area contributed by atoms with Crippen molar-refractivity contribution in [2.75, 3.05) is 0 Å². The Kier molecular flexibility index (Phi) is 4.35. The summed E-state index contributed by atoms with van der Waals surface area (Å²) >= 11 is 0. The van der Waals surface area contributed by atoms with Crippen LogP contribution in [0.4, 0.5) is 5.69 Å². The van der Waals surface area contributed by atoms with Crippen LogP contribution in [0.5, 0.6) is 0 Å². The van der Waals surface area contributed by atoms with E-state index in [1.807, 2.05) is 6.92 Å². The van der Waals surface area contributed by atoms with Crippen molar-refractivity contribution in [2.45, 2.75) is 57.7 Å². The van der Waals surface area contributed by atoms with Gasteiger partial charge in [0, 0.05) is 24.7 Å². The number of fused-ring (bicyclic) bond motifs is 1. The van der Waals surface area contributed by atoms with Crippen molar-refractivity contribution < 1.29 is 14.8 Å². The van der Waals surface area contributed by atoms with Crippen molar-refractivity contribution in [1.82, 2.24) is 4.90 Å². The van der Waals surface area contributed by atoms with Gasteiger partial charge in [-0.2, -0.15) is 0 Å². The van der Waals surface area contributed by atoms with Crippen LogP contribution in [0.25, 0.3) is 0 Å². The molecule has 0 amide bonds. The Morgan fingerprint density at radius 1 is 1.39 bits per heavy atom. The molecule has 2 fully saturated rings. The zero-order valence-electron chi connectivity index (χ0n) is 13.3. The van der Waals surface area contributed by atoms with E-state index in [9.17, 15) is 20.0 Å². The van der Waals surface area contributed by atoms with E-state index < -0.39 is 16.9 Å². The van der Waals surface area contributed by atoms with Crippen LogP contribution in [0.1, 0.15) is 43.2 Å². The number of hydrogen-bond acceptors (Lipinski definition) is 4. The second-order valence-corrected chi connectivity index (χ2v) is 6.74. The van der Waals surface area contributed by atoms with Gasteiger partial charge in [0.25, 0.3) is 5.69 Å². The molecule has 1 N–H and O–H groups in total. The fourth-order valence-corrected chi connectivity index (χ4v) is 4.19. The molecule has 1 aliphatic carbocycles. The SMILES string of the molecule is Cc1cc([N+](=O)[O-])ccc1CN1C(C(=O)O)CC2CCCCC21. The molecule has 124 valence electrons. The van der Waals surface area contributed by atoms with Gasteiger partial charge in [0.15, 0.2) is 0 Å². The Morgan fingerprint density at radius 3 is 2.78 bits per heavy atom. The van der Waals surface area contributed by atoms with Crippen molar-refractivity contribution in [1.29, 1.82) is 0 Å². The lowest BCUT2D eigenvalue weighted by Crippen LogP contribution is -2.41. The minimum Gasteiger partial charge on any atom is -0.480 e. The molecule has 6 heteroatoms. The number of aryl methyl sites for hydroxylation is 1. The number of nitro groups is 1. The van der Waals surface area contributed by atoms with E-state index in [1.54, 1.807) is 12.1 Å². The Labute approximate surface area is 135 Å². The van der Waals surface area contributed by atoms with E-state index in [1.165, 1.54) is 12.5 Å². The van der Waals surface area contributed by atoms with Gasteiger partial charge in [0.05, 0.1) is 4.92 Å². The smallest absolute Gasteiger partial charge is 0.320 e. The van der Waals surface area contributed by atoms with Crippen molar-refractivity contribution >= 4 is 11.7 Å². The molecule has 1 aliphatic heterocycles. The minimum atomic E-state index is -0.751. The number of hydrogen-bond donors (Lipinski definition) is 1. The average Bonchev–Trinajstić information content (AvgIpc) is 2.88. The maximum absolute atomic E-state index is 11.6. The molecule has 0 aromatic heterocycles. The molecule has 1 aromatic carbocycles. The highest BCUT2D eigenvalue weighted by Gasteiger charge is 2.45. The highest BCUT2D eigenvalue weighted by molar-refractivity contribution is 5.74. The van der Waals surface area contributed by atoms with E-state index in [0.29, 0.717) is 18.5 Å². The predicted octanol–water partition coefficient (Wildman–Crippen LogP) is 3.12. The summed E-state index contributed by atoms with van der Waals surface area (Å²) < 4.78 is 0. The monoisotopic (exact) mass is 318 g/mol. The Hall–Kier alpha value is -1.95. The van der Waals surface area contributed by atoms with E-state index >= 15 is 0 Å². The van der Waals surface area contributed by atoms with Crippen LogP contribution >= 0.6 is 0 Å². The van der Waals surface area contributed by atoms with Crippen molar-refractivity contribution in [3.05, 3.63) is 39.4 Å². The normalized spacial score (nSPS) is 27.6. The lowest BCUT2D eigenvalue weighted by molar-refractivity contribution is -0.384. The molecule has 6 nitrogen and oxygen atoms in total. The number of rotatable bonds is 4. The largest absolute Gasteiger partial charge is 0.480 e. The minimum absolute atomic E-state index is 0.0815. The maximum atomic E-state index is 11.6. The van der Waals surface area contributed by atoms with E-state index in [0.717, 1.165) is 36.8 Å². The number of nitrogens with zero attached hydrogens (tertiary/aromatic N) is 2. The van der Waals surface area contributed by atoms with Gasteiger partial charge >= 0.3 is 5.97 Å². The standard InChI is InChI=1S/C17H22N2O4/c1-11-8-14(19(22)23)7-6-13(11)10-18-15-5-3-2-4-12(15)9-16(18)17(20)21/h6-8,12,15-16H,2-5,9-10H2,1H3,(H,20,21). The zero-order valence-corrected chi connectivity index (χ0v) is 13.3. The summed E-state index contributed by atoms with van der Waals surface area (Å²) in [5.74, 6) is -0.276. The number of carbonyl (C=O) groups is 1. The molecular formula is C17H22N2O4. The molecule has 1 heterocycles. The molecule has 2 aliphatic rings. The fourth-order valence-electron chi connectivity index (χ4n) is 4.19. The van der Waals surface area contributed by atoms with Gasteiger partial charge < -0.3 is 5.11 Å². The number of benzene rings is 1. The number of non-ortho nitro benzene ring substituents is 1. The second kappa shape index (κ2) is 6.28. The molecule has 0 spiro atoms. The summed E-state index contributed by atoms with van der Waals surface area (Å²) in [6.45, 7) is 2.41. The lowest BCUT2D eigenvalue weighted by atomic mass is 9.84. The molecule has 23 heavy (non-hydrogen) atoms. The van der Waals surface area contributed by atoms with Crippen LogP contribution in [-0.4, -0.2) is 33.0 Å². The molecule has 3 rings (SSSR count). The number of likely N-dealkylation sites (tertiary alicyclic amines) is 1. The average molecular weight is 318 g/mol. The molecule has 1 aromatic rings. The third kappa shape index (κ3) is 3.08. The van der Waals surface area contributed by atoms with Crippen LogP contribution in [0.2, 0.25) is 0 Å². The first kappa shape index (κ1) is 15.9. The van der Waals surface area contributed by atoms with Crippen LogP contribution in [0.3, 0.4) is 0 Å². The van der Waals surface area contributed by atoms with Gasteiger partial charge in [-0.3, -0.25) is 19.8 Å². The highest BCUT2D eigenvalue weighted by atomic mass is 16.6. The number of carboxylic acid groups (broad SMARTS) is 1. The fraction of sp³-hybridized carbons (Fsp3) is 0.588. The Bertz CT molecular complexity index is 631. The predicted molar refractivity (Wildman–Crippen MR) is 85.2 cm³/mol. The number of carboxylic acids is 1. The highest BCUT2D eigenvalue weighted by Crippen LogP contribution is 2.40. The van der Waals surface area contributed by atoms with Crippen molar-refractivity contribution in [3.8, 4) is 0 Å². The summed E-state index contributed by atoms with van der Waals surface area (Å²) in [5.41, 5.74) is 1.91. The Balaban J connectivity index is 1.84. The molecule has 1 saturated heterocycles. The zero-order chi connectivity index (χ0) is 16.6. The van der Waals surface area contributed by atoms with Crippen LogP contribution in [-0.2, 0) is 11.3 Å². The van der Waals surface area contributed by atoms with Crippen molar-refractivity contribution in [3.63, 3.8) is 0 Å². The lowest BCUT2D eigenvalue weighted by Gasteiger charge is -2.33. The van der Waals surface area contributed by atoms with E-state index in [-0.39, 0.29) is 5.69 Å². The number of nitro benzene ring substituents is 1. The first-order valence-corrected chi connectivity index (χ1v) is 8.20. The summed E-state index contributed by atoms with van der Waals surface area (Å²) in [6.07, 6.45) is 5.25. The van der Waals surface area contributed by atoms with Crippen molar-refractivity contribution in [2.24, 2.45) is 5.92 Å². The molecular weight excluding hydrogens is 296 g/mol. The first-order chi connectivity index (χ1) is 11.0. The molecule has 3 atom stereocenters. The van der Waals surface area contributed by atoms with E-state index in [2.05, 4.69) is 4.90 Å². The van der Waals surface area contributed by atoms with Gasteiger partial charge in [-0.05, 0) is 43.2 Å². The molecule has 0 bridgehead atoms. The van der Waals surface area contributed by atoms with E-state index in [4.69, 9.17) is 0 Å². The summed E-state index contributed by atoms with van der Waals surface area (Å²) in [5, 5.41) is 20.4. The number of aliphatic carboxylic acids is 1. The van der Waals surface area contributed by atoms with Gasteiger partial charge in [-0.25, -0.2) is 0 Å². The van der Waals surface area contributed by atoms with Crippen LogP contribution < -0.4 is 0 Å².